The Kier molecular flexibility index (Phi) is 6.53. The molecule has 0 bridgehead atoms. The number of carbonyl (C=O) groups excluding carboxylic acids is 3. The second-order valence-corrected chi connectivity index (χ2v) is 7.69. The van der Waals surface area contributed by atoms with E-state index in [4.69, 9.17) is 4.74 Å². The molecule has 1 saturated heterocycles. The molecule has 9 heteroatoms. The van der Waals surface area contributed by atoms with E-state index in [0.717, 1.165) is 17.0 Å². The van der Waals surface area contributed by atoms with Crippen molar-refractivity contribution in [2.75, 3.05) is 17.3 Å². The SMILES string of the molecule is COc1cccc(CN2C(=O)N(c3ccc(F)cc3)C(=O)C2CC(=O)Nc2ccc(F)cc2)c1. The number of nitrogens with zero attached hydrogens (tertiary/aromatic N) is 2. The molecule has 1 aliphatic rings. The van der Waals surface area contributed by atoms with Crippen LogP contribution in [-0.2, 0) is 16.1 Å². The first-order valence-corrected chi connectivity index (χ1v) is 10.4. The molecule has 4 amide bonds. The second-order valence-electron chi connectivity index (χ2n) is 7.69. The quantitative estimate of drug-likeness (QED) is 0.527. The van der Waals surface area contributed by atoms with Crippen LogP contribution in [0.25, 0.3) is 0 Å². The number of ether oxygens (including phenoxy) is 1. The number of hydrogen-bond donors (Lipinski definition) is 1. The molecule has 4 rings (SSSR count). The first-order chi connectivity index (χ1) is 16.4. The van der Waals surface area contributed by atoms with Crippen molar-refractivity contribution < 1.29 is 27.9 Å². The first-order valence-electron chi connectivity index (χ1n) is 10.4. The standard InChI is InChI=1S/C25H21F2N3O4/c1-34-21-4-2-3-16(13-21)15-29-22(14-23(31)28-19-9-5-17(26)6-10-19)24(32)30(25(29)33)20-11-7-18(27)8-12-20/h2-13,22H,14-15H2,1H3,(H,28,31). The van der Waals surface area contributed by atoms with Crippen LogP contribution in [0.15, 0.2) is 72.8 Å². The molecule has 1 aliphatic heterocycles. The molecule has 174 valence electrons. The fourth-order valence-corrected chi connectivity index (χ4v) is 3.73. The zero-order chi connectivity index (χ0) is 24.2. The lowest BCUT2D eigenvalue weighted by molar-refractivity contribution is -0.124. The number of nitrogens with one attached hydrogen (secondary N) is 1. The summed E-state index contributed by atoms with van der Waals surface area (Å²) >= 11 is 0. The average molecular weight is 465 g/mol. The normalized spacial score (nSPS) is 15.6. The van der Waals surface area contributed by atoms with Crippen molar-refractivity contribution in [3.8, 4) is 5.75 Å². The minimum absolute atomic E-state index is 0.0496. The zero-order valence-corrected chi connectivity index (χ0v) is 18.2. The van der Waals surface area contributed by atoms with Gasteiger partial charge in [0.2, 0.25) is 5.91 Å². The number of methoxy groups -OCH3 is 1. The molecule has 0 aliphatic carbocycles. The molecule has 1 atom stereocenters. The summed E-state index contributed by atoms with van der Waals surface area (Å²) in [7, 11) is 1.52. The van der Waals surface area contributed by atoms with Gasteiger partial charge in [0.1, 0.15) is 23.4 Å². The van der Waals surface area contributed by atoms with Crippen molar-refractivity contribution in [1.82, 2.24) is 4.90 Å². The molecule has 3 aromatic carbocycles. The number of rotatable bonds is 7. The lowest BCUT2D eigenvalue weighted by Crippen LogP contribution is -2.37. The topological polar surface area (TPSA) is 79.0 Å². The Balaban J connectivity index is 1.61. The van der Waals surface area contributed by atoms with Crippen LogP contribution >= 0.6 is 0 Å². The molecule has 3 aromatic rings. The number of urea groups is 1. The van der Waals surface area contributed by atoms with E-state index in [2.05, 4.69) is 5.32 Å². The maximum absolute atomic E-state index is 13.4. The fourth-order valence-electron chi connectivity index (χ4n) is 3.73. The van der Waals surface area contributed by atoms with Crippen LogP contribution < -0.4 is 15.0 Å². The minimum atomic E-state index is -1.09. The molecule has 34 heavy (non-hydrogen) atoms. The van der Waals surface area contributed by atoms with E-state index < -0.39 is 35.5 Å². The average Bonchev–Trinajstić information content (AvgIpc) is 3.05. The van der Waals surface area contributed by atoms with Gasteiger partial charge in [-0.3, -0.25) is 9.59 Å². The van der Waals surface area contributed by atoms with Gasteiger partial charge in [0.15, 0.2) is 0 Å². The van der Waals surface area contributed by atoms with Crippen molar-refractivity contribution in [2.45, 2.75) is 19.0 Å². The number of anilines is 2. The molecule has 1 heterocycles. The summed E-state index contributed by atoms with van der Waals surface area (Å²) in [6.45, 7) is 0.0496. The van der Waals surface area contributed by atoms with E-state index >= 15 is 0 Å². The predicted molar refractivity (Wildman–Crippen MR) is 121 cm³/mol. The van der Waals surface area contributed by atoms with Crippen molar-refractivity contribution in [1.29, 1.82) is 0 Å². The Morgan fingerprint density at radius 1 is 0.971 bits per heavy atom. The molecule has 0 radical (unpaired) electrons. The fraction of sp³-hybridized carbons (Fsp3) is 0.160. The Morgan fingerprint density at radius 3 is 2.26 bits per heavy atom. The van der Waals surface area contributed by atoms with E-state index in [-0.39, 0.29) is 18.7 Å². The highest BCUT2D eigenvalue weighted by atomic mass is 19.1. The van der Waals surface area contributed by atoms with Gasteiger partial charge in [-0.15, -0.1) is 0 Å². The van der Waals surface area contributed by atoms with Gasteiger partial charge in [0.25, 0.3) is 5.91 Å². The van der Waals surface area contributed by atoms with E-state index in [1.54, 1.807) is 24.3 Å². The molecule has 1 unspecified atom stereocenters. The van der Waals surface area contributed by atoms with Crippen LogP contribution in [0.5, 0.6) is 5.75 Å². The monoisotopic (exact) mass is 465 g/mol. The van der Waals surface area contributed by atoms with Crippen molar-refractivity contribution >= 4 is 29.2 Å². The molecule has 0 saturated carbocycles. The number of hydrogen-bond acceptors (Lipinski definition) is 4. The highest BCUT2D eigenvalue weighted by Crippen LogP contribution is 2.29. The Bertz CT molecular complexity index is 1220. The summed E-state index contributed by atoms with van der Waals surface area (Å²) in [4.78, 5) is 41.5. The minimum Gasteiger partial charge on any atom is -0.497 e. The van der Waals surface area contributed by atoms with Crippen molar-refractivity contribution in [3.05, 3.63) is 90.0 Å². The maximum Gasteiger partial charge on any atom is 0.332 e. The zero-order valence-electron chi connectivity index (χ0n) is 18.2. The van der Waals surface area contributed by atoms with Crippen LogP contribution in [0, 0.1) is 11.6 Å². The number of carbonyl (C=O) groups is 3. The van der Waals surface area contributed by atoms with Crippen LogP contribution in [0.4, 0.5) is 25.0 Å². The molecule has 0 aromatic heterocycles. The smallest absolute Gasteiger partial charge is 0.332 e. The van der Waals surface area contributed by atoms with Crippen molar-refractivity contribution in [2.24, 2.45) is 0 Å². The van der Waals surface area contributed by atoms with Crippen LogP contribution in [0.3, 0.4) is 0 Å². The van der Waals surface area contributed by atoms with Gasteiger partial charge < -0.3 is 15.0 Å². The van der Waals surface area contributed by atoms with E-state index in [9.17, 15) is 23.2 Å². The first kappa shape index (κ1) is 22.9. The van der Waals surface area contributed by atoms with E-state index in [0.29, 0.717) is 17.0 Å². The maximum atomic E-state index is 13.4. The number of benzene rings is 3. The summed E-state index contributed by atoms with van der Waals surface area (Å²) in [6, 6.07) is 15.4. The van der Waals surface area contributed by atoms with E-state index in [1.807, 2.05) is 0 Å². The van der Waals surface area contributed by atoms with Gasteiger partial charge in [0, 0.05) is 12.2 Å². The summed E-state index contributed by atoms with van der Waals surface area (Å²) in [5, 5.41) is 2.61. The number of imide groups is 1. The molecular formula is C25H21F2N3O4. The Hall–Kier alpha value is -4.27. The predicted octanol–water partition coefficient (Wildman–Crippen LogP) is 4.34. The third-order valence-electron chi connectivity index (χ3n) is 5.40. The van der Waals surface area contributed by atoms with Gasteiger partial charge in [-0.05, 0) is 66.2 Å². The second kappa shape index (κ2) is 9.70. The number of halogens is 2. The molecule has 1 fully saturated rings. The van der Waals surface area contributed by atoms with Gasteiger partial charge in [0.05, 0.1) is 19.2 Å². The van der Waals surface area contributed by atoms with Crippen molar-refractivity contribution in [3.63, 3.8) is 0 Å². The lowest BCUT2D eigenvalue weighted by Gasteiger charge is -2.22. The highest BCUT2D eigenvalue weighted by molar-refractivity contribution is 6.22. The van der Waals surface area contributed by atoms with Gasteiger partial charge in [-0.25, -0.2) is 18.5 Å². The summed E-state index contributed by atoms with van der Waals surface area (Å²) < 4.78 is 31.8. The third kappa shape index (κ3) is 4.88. The van der Waals surface area contributed by atoms with E-state index in [1.165, 1.54) is 48.4 Å². The molecule has 1 N–H and O–H groups in total. The largest absolute Gasteiger partial charge is 0.497 e. The lowest BCUT2D eigenvalue weighted by atomic mass is 10.1. The summed E-state index contributed by atoms with van der Waals surface area (Å²) in [6.07, 6.45) is -0.316. The summed E-state index contributed by atoms with van der Waals surface area (Å²) in [5.41, 5.74) is 1.26. The molecule has 0 spiro atoms. The van der Waals surface area contributed by atoms with Gasteiger partial charge >= 0.3 is 6.03 Å². The van der Waals surface area contributed by atoms with Crippen LogP contribution in [-0.4, -0.2) is 35.9 Å². The molecule has 7 nitrogen and oxygen atoms in total. The summed E-state index contributed by atoms with van der Waals surface area (Å²) in [5.74, 6) is -1.50. The number of amides is 4. The Labute approximate surface area is 194 Å². The highest BCUT2D eigenvalue weighted by Gasteiger charge is 2.46. The van der Waals surface area contributed by atoms with Crippen LogP contribution in [0.1, 0.15) is 12.0 Å². The van der Waals surface area contributed by atoms with Crippen LogP contribution in [0.2, 0.25) is 0 Å². The molecular weight excluding hydrogens is 444 g/mol. The Morgan fingerprint density at radius 2 is 1.62 bits per heavy atom. The van der Waals surface area contributed by atoms with Gasteiger partial charge in [-0.2, -0.15) is 0 Å². The van der Waals surface area contributed by atoms with Gasteiger partial charge in [-0.1, -0.05) is 12.1 Å². The third-order valence-corrected chi connectivity index (χ3v) is 5.40.